The number of ketones is 1. The van der Waals surface area contributed by atoms with Gasteiger partial charge in [0.2, 0.25) is 0 Å². The fraction of sp³-hybridized carbons (Fsp3) is 0.643. The van der Waals surface area contributed by atoms with Crippen LogP contribution in [0.4, 0.5) is 0 Å². The zero-order chi connectivity index (χ0) is 13.3. The molecule has 1 fully saturated rings. The summed E-state index contributed by atoms with van der Waals surface area (Å²) in [5, 5.41) is 0.644. The van der Waals surface area contributed by atoms with Crippen molar-refractivity contribution in [1.29, 1.82) is 0 Å². The number of carbonyl (C=O) groups is 1. The van der Waals surface area contributed by atoms with Crippen molar-refractivity contribution in [3.63, 3.8) is 0 Å². The molecule has 1 saturated heterocycles. The molecule has 0 N–H and O–H groups in total. The van der Waals surface area contributed by atoms with Gasteiger partial charge < -0.3 is 4.57 Å². The number of thioether (sulfide) groups is 1. The maximum absolute atomic E-state index is 12.3. The molecule has 3 nitrogen and oxygen atoms in total. The predicted molar refractivity (Wildman–Crippen MR) is 77.6 cm³/mol. The zero-order valence-corrected chi connectivity index (χ0v) is 12.5. The Morgan fingerprint density at radius 1 is 1.50 bits per heavy atom. The van der Waals surface area contributed by atoms with Crippen molar-refractivity contribution >= 4 is 17.5 Å². The quantitative estimate of drug-likeness (QED) is 0.785. The lowest BCUT2D eigenvalue weighted by atomic mass is 10.1. The molecule has 1 aliphatic heterocycles. The van der Waals surface area contributed by atoms with E-state index < -0.39 is 0 Å². The summed E-state index contributed by atoms with van der Waals surface area (Å²) in [6, 6.07) is 2.01. The fourth-order valence-corrected chi connectivity index (χ4v) is 3.54. The van der Waals surface area contributed by atoms with Gasteiger partial charge in [-0.05, 0) is 19.9 Å². The van der Waals surface area contributed by atoms with Gasteiger partial charge in [0.05, 0.1) is 6.54 Å². The Bertz CT molecular complexity index is 453. The molecule has 2 heterocycles. The molecule has 100 valence electrons. The Kier molecular flexibility index (Phi) is 4.17. The molecule has 0 aliphatic carbocycles. The minimum Gasteiger partial charge on any atom is -0.351 e. The Hall–Kier alpha value is -0.740. The summed E-state index contributed by atoms with van der Waals surface area (Å²) >= 11 is 2.00. The van der Waals surface area contributed by atoms with E-state index in [1.807, 2.05) is 38.7 Å². The van der Waals surface area contributed by atoms with Gasteiger partial charge in [0.15, 0.2) is 5.78 Å². The lowest BCUT2D eigenvalue weighted by Gasteiger charge is -2.29. The van der Waals surface area contributed by atoms with E-state index in [0.29, 0.717) is 11.8 Å². The third kappa shape index (κ3) is 2.81. The Balaban J connectivity index is 2.05. The summed E-state index contributed by atoms with van der Waals surface area (Å²) in [6.07, 6.45) is 0. The summed E-state index contributed by atoms with van der Waals surface area (Å²) in [6.45, 7) is 8.93. The van der Waals surface area contributed by atoms with E-state index in [2.05, 4.69) is 16.4 Å². The number of hydrogen-bond donors (Lipinski definition) is 0. The number of carbonyl (C=O) groups excluding carboxylic acids is 1. The average Bonchev–Trinajstić information content (AvgIpc) is 2.57. The van der Waals surface area contributed by atoms with Crippen molar-refractivity contribution in [1.82, 2.24) is 9.47 Å². The third-order valence-electron chi connectivity index (χ3n) is 3.77. The number of Topliss-reactive ketones (excluding diaryl/α,β-unsaturated/α-hetero) is 1. The van der Waals surface area contributed by atoms with Gasteiger partial charge in [-0.25, -0.2) is 0 Å². The fourth-order valence-electron chi connectivity index (χ4n) is 2.46. The molecule has 1 aliphatic rings. The first-order chi connectivity index (χ1) is 8.49. The van der Waals surface area contributed by atoms with Crippen molar-refractivity contribution < 1.29 is 4.79 Å². The molecule has 0 aromatic carbocycles. The molecule has 0 amide bonds. The monoisotopic (exact) mass is 266 g/mol. The van der Waals surface area contributed by atoms with Crippen LogP contribution in [-0.2, 0) is 7.05 Å². The van der Waals surface area contributed by atoms with Gasteiger partial charge in [0, 0.05) is 48.1 Å². The predicted octanol–water partition coefficient (Wildman–Crippen LogP) is 2.26. The first-order valence-corrected chi connectivity index (χ1v) is 7.54. The van der Waals surface area contributed by atoms with Crippen LogP contribution in [0.5, 0.6) is 0 Å². The molecule has 1 unspecified atom stereocenters. The maximum Gasteiger partial charge on any atom is 0.178 e. The highest BCUT2D eigenvalue weighted by Gasteiger charge is 2.21. The summed E-state index contributed by atoms with van der Waals surface area (Å²) < 4.78 is 2.09. The number of aryl methyl sites for hydroxylation is 1. The highest BCUT2D eigenvalue weighted by atomic mass is 32.2. The van der Waals surface area contributed by atoms with Gasteiger partial charge in [0.25, 0.3) is 0 Å². The normalized spacial score (nSPS) is 21.2. The summed E-state index contributed by atoms with van der Waals surface area (Å²) in [5.41, 5.74) is 3.12. The highest BCUT2D eigenvalue weighted by Crippen LogP contribution is 2.19. The minimum absolute atomic E-state index is 0.260. The zero-order valence-electron chi connectivity index (χ0n) is 11.7. The standard InChI is InChI=1S/C14H22N2OS/c1-10-7-13(12(3)15(10)4)14(17)9-16-5-6-18-11(2)8-16/h7,11H,5-6,8-9H2,1-4H3. The van der Waals surface area contributed by atoms with Crippen LogP contribution in [0.2, 0.25) is 0 Å². The van der Waals surface area contributed by atoms with E-state index in [1.54, 1.807) is 0 Å². The first kappa shape index (κ1) is 13.7. The Labute approximate surface area is 114 Å². The van der Waals surface area contributed by atoms with E-state index in [1.165, 1.54) is 0 Å². The van der Waals surface area contributed by atoms with Crippen LogP contribution in [0, 0.1) is 13.8 Å². The highest BCUT2D eigenvalue weighted by molar-refractivity contribution is 7.99. The van der Waals surface area contributed by atoms with Crippen LogP contribution >= 0.6 is 11.8 Å². The van der Waals surface area contributed by atoms with E-state index in [-0.39, 0.29) is 5.78 Å². The number of rotatable bonds is 3. The molecule has 0 spiro atoms. The molecular formula is C14H22N2OS. The van der Waals surface area contributed by atoms with E-state index >= 15 is 0 Å². The van der Waals surface area contributed by atoms with Crippen LogP contribution in [-0.4, -0.2) is 45.9 Å². The molecule has 1 aromatic heterocycles. The van der Waals surface area contributed by atoms with Crippen LogP contribution < -0.4 is 0 Å². The second-order valence-electron chi connectivity index (χ2n) is 5.18. The third-order valence-corrected chi connectivity index (χ3v) is 4.90. The van der Waals surface area contributed by atoms with Crippen molar-refractivity contribution in [2.24, 2.45) is 7.05 Å². The first-order valence-electron chi connectivity index (χ1n) is 6.49. The average molecular weight is 266 g/mol. The molecule has 4 heteroatoms. The molecule has 1 atom stereocenters. The minimum atomic E-state index is 0.260. The van der Waals surface area contributed by atoms with Crippen molar-refractivity contribution in [2.75, 3.05) is 25.4 Å². The topological polar surface area (TPSA) is 25.2 Å². The largest absolute Gasteiger partial charge is 0.351 e. The molecule has 0 bridgehead atoms. The lowest BCUT2D eigenvalue weighted by Crippen LogP contribution is -2.39. The van der Waals surface area contributed by atoms with Gasteiger partial charge in [-0.3, -0.25) is 9.69 Å². The van der Waals surface area contributed by atoms with Gasteiger partial charge in [-0.1, -0.05) is 6.92 Å². The van der Waals surface area contributed by atoms with E-state index in [0.717, 1.165) is 35.8 Å². The molecule has 2 rings (SSSR count). The molecule has 18 heavy (non-hydrogen) atoms. The van der Waals surface area contributed by atoms with Crippen LogP contribution in [0.3, 0.4) is 0 Å². The van der Waals surface area contributed by atoms with Crippen molar-refractivity contribution in [3.8, 4) is 0 Å². The van der Waals surface area contributed by atoms with Crippen LogP contribution in [0.25, 0.3) is 0 Å². The number of nitrogens with zero attached hydrogens (tertiary/aromatic N) is 2. The van der Waals surface area contributed by atoms with E-state index in [4.69, 9.17) is 0 Å². The van der Waals surface area contributed by atoms with Gasteiger partial charge in [-0.15, -0.1) is 0 Å². The molecular weight excluding hydrogens is 244 g/mol. The second-order valence-corrected chi connectivity index (χ2v) is 6.73. The maximum atomic E-state index is 12.3. The van der Waals surface area contributed by atoms with E-state index in [9.17, 15) is 4.79 Å². The number of hydrogen-bond acceptors (Lipinski definition) is 3. The molecule has 0 radical (unpaired) electrons. The SMILES string of the molecule is Cc1cc(C(=O)CN2CCSC(C)C2)c(C)n1C. The summed E-state index contributed by atoms with van der Waals surface area (Å²) in [7, 11) is 2.01. The Morgan fingerprint density at radius 3 is 2.78 bits per heavy atom. The molecule has 0 saturated carbocycles. The van der Waals surface area contributed by atoms with Crippen LogP contribution in [0.1, 0.15) is 28.7 Å². The van der Waals surface area contributed by atoms with Gasteiger partial charge in [0.1, 0.15) is 0 Å². The second kappa shape index (κ2) is 5.49. The van der Waals surface area contributed by atoms with Crippen molar-refractivity contribution in [3.05, 3.63) is 23.0 Å². The summed E-state index contributed by atoms with van der Waals surface area (Å²) in [5.74, 6) is 1.40. The van der Waals surface area contributed by atoms with Gasteiger partial charge >= 0.3 is 0 Å². The van der Waals surface area contributed by atoms with Crippen molar-refractivity contribution in [2.45, 2.75) is 26.0 Å². The Morgan fingerprint density at radius 2 is 2.22 bits per heavy atom. The van der Waals surface area contributed by atoms with Crippen LogP contribution in [0.15, 0.2) is 6.07 Å². The number of aromatic nitrogens is 1. The lowest BCUT2D eigenvalue weighted by molar-refractivity contribution is 0.0933. The van der Waals surface area contributed by atoms with Gasteiger partial charge in [-0.2, -0.15) is 11.8 Å². The molecule has 1 aromatic rings. The summed E-state index contributed by atoms with van der Waals surface area (Å²) in [4.78, 5) is 14.6. The smallest absolute Gasteiger partial charge is 0.178 e.